The minimum absolute atomic E-state index is 0.00491. The standard InChI is InChI=1S/C9H11N2O3/c1-3-6(2)14-8(12)7-4-5-10-9(13)11-7/h4-6H,3H2,1-2H3. The van der Waals surface area contributed by atoms with E-state index < -0.39 is 12.0 Å². The molecule has 5 heteroatoms. The molecule has 0 saturated heterocycles. The fraction of sp³-hybridized carbons (Fsp3) is 0.444. The van der Waals surface area contributed by atoms with Crippen LogP contribution in [0.3, 0.4) is 0 Å². The van der Waals surface area contributed by atoms with Crippen LogP contribution in [0.5, 0.6) is 6.01 Å². The highest BCUT2D eigenvalue weighted by atomic mass is 16.5. The van der Waals surface area contributed by atoms with E-state index >= 15 is 0 Å². The van der Waals surface area contributed by atoms with Gasteiger partial charge in [-0.05, 0) is 19.4 Å². The van der Waals surface area contributed by atoms with Gasteiger partial charge in [-0.2, -0.15) is 4.98 Å². The largest absolute Gasteiger partial charge is 0.458 e. The van der Waals surface area contributed by atoms with Gasteiger partial charge in [-0.3, -0.25) is 0 Å². The van der Waals surface area contributed by atoms with Crippen LogP contribution in [0.1, 0.15) is 30.8 Å². The Kier molecular flexibility index (Phi) is 3.39. The van der Waals surface area contributed by atoms with Gasteiger partial charge in [0, 0.05) is 6.20 Å². The Morgan fingerprint density at radius 3 is 2.93 bits per heavy atom. The van der Waals surface area contributed by atoms with Crippen molar-refractivity contribution in [2.24, 2.45) is 0 Å². The van der Waals surface area contributed by atoms with Crippen LogP contribution >= 0.6 is 0 Å². The molecule has 1 aromatic heterocycles. The second-order valence-electron chi connectivity index (χ2n) is 2.85. The monoisotopic (exact) mass is 195 g/mol. The number of rotatable bonds is 3. The summed E-state index contributed by atoms with van der Waals surface area (Å²) in [7, 11) is 0. The second-order valence-corrected chi connectivity index (χ2v) is 2.85. The Morgan fingerprint density at radius 1 is 1.64 bits per heavy atom. The van der Waals surface area contributed by atoms with E-state index in [0.717, 1.165) is 6.42 Å². The first-order valence-corrected chi connectivity index (χ1v) is 4.34. The molecule has 1 unspecified atom stereocenters. The molecule has 0 aliphatic heterocycles. The normalized spacial score (nSPS) is 12.1. The fourth-order valence-electron chi connectivity index (χ4n) is 0.781. The molecule has 1 aromatic rings. The number of nitrogens with zero attached hydrogens (tertiary/aromatic N) is 2. The Bertz CT molecular complexity index is 328. The van der Waals surface area contributed by atoms with E-state index in [1.807, 2.05) is 6.92 Å². The SMILES string of the molecule is CCC(C)OC(=O)c1ccnc([O])n1. The van der Waals surface area contributed by atoms with Crippen LogP contribution in [0.4, 0.5) is 0 Å². The molecule has 1 heterocycles. The molecule has 0 N–H and O–H groups in total. The van der Waals surface area contributed by atoms with E-state index in [0.29, 0.717) is 0 Å². The van der Waals surface area contributed by atoms with Gasteiger partial charge < -0.3 is 4.74 Å². The first-order valence-electron chi connectivity index (χ1n) is 4.34. The molecule has 0 bridgehead atoms. The van der Waals surface area contributed by atoms with Crippen molar-refractivity contribution in [1.82, 2.24) is 9.97 Å². The highest BCUT2D eigenvalue weighted by Crippen LogP contribution is 2.05. The third-order valence-corrected chi connectivity index (χ3v) is 1.73. The summed E-state index contributed by atoms with van der Waals surface area (Å²) in [6.07, 6.45) is 1.79. The van der Waals surface area contributed by atoms with E-state index in [1.54, 1.807) is 6.92 Å². The zero-order valence-electron chi connectivity index (χ0n) is 8.06. The van der Waals surface area contributed by atoms with Crippen LogP contribution in [-0.2, 0) is 9.84 Å². The molecule has 75 valence electrons. The van der Waals surface area contributed by atoms with E-state index in [-0.39, 0.29) is 11.8 Å². The van der Waals surface area contributed by atoms with Gasteiger partial charge in [0.15, 0.2) is 5.69 Å². The van der Waals surface area contributed by atoms with Gasteiger partial charge in [0.1, 0.15) is 0 Å². The minimum atomic E-state index is -0.677. The molecule has 5 nitrogen and oxygen atoms in total. The molecule has 0 aliphatic rings. The summed E-state index contributed by atoms with van der Waals surface area (Å²) in [5, 5.41) is 10.7. The molecule has 1 rings (SSSR count). The fourth-order valence-corrected chi connectivity index (χ4v) is 0.781. The van der Waals surface area contributed by atoms with Gasteiger partial charge >= 0.3 is 12.0 Å². The maximum absolute atomic E-state index is 11.3. The number of carbonyl (C=O) groups is 1. The van der Waals surface area contributed by atoms with Crippen molar-refractivity contribution in [3.63, 3.8) is 0 Å². The number of aromatic nitrogens is 2. The van der Waals surface area contributed by atoms with Crippen molar-refractivity contribution in [3.05, 3.63) is 18.0 Å². The lowest BCUT2D eigenvalue weighted by Gasteiger charge is -2.09. The molecule has 0 fully saturated rings. The highest BCUT2D eigenvalue weighted by Gasteiger charge is 2.13. The van der Waals surface area contributed by atoms with Crippen molar-refractivity contribution in [1.29, 1.82) is 0 Å². The maximum Gasteiger partial charge on any atom is 0.367 e. The number of esters is 1. The van der Waals surface area contributed by atoms with Gasteiger partial charge in [-0.25, -0.2) is 14.9 Å². The van der Waals surface area contributed by atoms with Crippen molar-refractivity contribution in [2.45, 2.75) is 26.4 Å². The molecule has 1 radical (unpaired) electrons. The molecule has 1 atom stereocenters. The van der Waals surface area contributed by atoms with E-state index in [2.05, 4.69) is 9.97 Å². The lowest BCUT2D eigenvalue weighted by Crippen LogP contribution is -2.15. The molecule has 0 aromatic carbocycles. The summed E-state index contributed by atoms with van der Waals surface area (Å²) >= 11 is 0. The van der Waals surface area contributed by atoms with Crippen LogP contribution in [0, 0.1) is 0 Å². The number of ether oxygens (including phenoxy) is 1. The lowest BCUT2D eigenvalue weighted by molar-refractivity contribution is 0.0325. The third kappa shape index (κ3) is 2.69. The summed E-state index contributed by atoms with van der Waals surface area (Å²) in [5.41, 5.74) is 0.00491. The topological polar surface area (TPSA) is 72.0 Å². The Balaban J connectivity index is 2.70. The number of carbonyl (C=O) groups excluding carboxylic acids is 1. The number of hydrogen-bond donors (Lipinski definition) is 0. The predicted molar refractivity (Wildman–Crippen MR) is 47.3 cm³/mol. The average Bonchev–Trinajstić information content (AvgIpc) is 2.17. The first-order chi connectivity index (χ1) is 6.63. The molecule has 0 spiro atoms. The zero-order valence-corrected chi connectivity index (χ0v) is 8.06. The third-order valence-electron chi connectivity index (χ3n) is 1.73. The van der Waals surface area contributed by atoms with Crippen LogP contribution in [0.2, 0.25) is 0 Å². The Morgan fingerprint density at radius 2 is 2.36 bits per heavy atom. The summed E-state index contributed by atoms with van der Waals surface area (Å²) in [6, 6.07) is 0.676. The smallest absolute Gasteiger partial charge is 0.367 e. The molecule has 0 aliphatic carbocycles. The zero-order chi connectivity index (χ0) is 10.6. The molecule has 0 saturated carbocycles. The van der Waals surface area contributed by atoms with E-state index in [9.17, 15) is 9.90 Å². The van der Waals surface area contributed by atoms with Gasteiger partial charge in [0.25, 0.3) is 0 Å². The van der Waals surface area contributed by atoms with Gasteiger partial charge in [-0.15, -0.1) is 0 Å². The van der Waals surface area contributed by atoms with Gasteiger partial charge in [0.05, 0.1) is 6.10 Å². The van der Waals surface area contributed by atoms with Crippen LogP contribution in [-0.4, -0.2) is 22.0 Å². The quantitative estimate of drug-likeness (QED) is 0.686. The molecule has 14 heavy (non-hydrogen) atoms. The van der Waals surface area contributed by atoms with Crippen LogP contribution in [0.15, 0.2) is 12.3 Å². The van der Waals surface area contributed by atoms with Crippen LogP contribution < -0.4 is 0 Å². The van der Waals surface area contributed by atoms with Gasteiger partial charge in [-0.1, -0.05) is 6.92 Å². The van der Waals surface area contributed by atoms with Crippen molar-refractivity contribution < 1.29 is 14.6 Å². The number of hydrogen-bond acceptors (Lipinski definition) is 4. The Hall–Kier alpha value is -1.65. The molecular formula is C9H11N2O3. The van der Waals surface area contributed by atoms with Gasteiger partial charge in [0.2, 0.25) is 0 Å². The van der Waals surface area contributed by atoms with Crippen molar-refractivity contribution in [3.8, 4) is 6.01 Å². The summed E-state index contributed by atoms with van der Waals surface area (Å²) in [6.45, 7) is 3.67. The lowest BCUT2D eigenvalue weighted by atomic mass is 10.3. The summed E-state index contributed by atoms with van der Waals surface area (Å²) in [4.78, 5) is 18.1. The predicted octanol–water partition coefficient (Wildman–Crippen LogP) is 1.58. The second kappa shape index (κ2) is 4.55. The Labute approximate surface area is 81.8 Å². The molecule has 0 amide bonds. The maximum atomic E-state index is 11.3. The van der Waals surface area contributed by atoms with Crippen molar-refractivity contribution in [2.75, 3.05) is 0 Å². The van der Waals surface area contributed by atoms with Crippen LogP contribution in [0.25, 0.3) is 0 Å². The van der Waals surface area contributed by atoms with E-state index in [4.69, 9.17) is 4.74 Å². The highest BCUT2D eigenvalue weighted by molar-refractivity contribution is 5.87. The van der Waals surface area contributed by atoms with E-state index in [1.165, 1.54) is 12.3 Å². The first kappa shape index (κ1) is 10.4. The summed E-state index contributed by atoms with van der Waals surface area (Å²) < 4.78 is 4.97. The average molecular weight is 195 g/mol. The molecular weight excluding hydrogens is 184 g/mol. The van der Waals surface area contributed by atoms with Crippen molar-refractivity contribution >= 4 is 5.97 Å². The summed E-state index contributed by atoms with van der Waals surface area (Å²) in [5.74, 6) is -0.584. The minimum Gasteiger partial charge on any atom is -0.458 e.